The zero-order valence-electron chi connectivity index (χ0n) is 8.95. The third-order valence-electron chi connectivity index (χ3n) is 1.95. The summed E-state index contributed by atoms with van der Waals surface area (Å²) in [6, 6.07) is 9.53. The van der Waals surface area contributed by atoms with Crippen molar-refractivity contribution in [3.63, 3.8) is 0 Å². The third kappa shape index (κ3) is 3.59. The summed E-state index contributed by atoms with van der Waals surface area (Å²) in [6.45, 7) is 0. The summed E-state index contributed by atoms with van der Waals surface area (Å²) in [5.74, 6) is 0.687. The first-order valence-corrected chi connectivity index (χ1v) is 7.18. The average molecular weight is 331 g/mol. The van der Waals surface area contributed by atoms with Gasteiger partial charge in [-0.25, -0.2) is 9.97 Å². The lowest BCUT2D eigenvalue weighted by atomic mass is 10.3. The van der Waals surface area contributed by atoms with Gasteiger partial charge < -0.3 is 5.32 Å². The second kappa shape index (κ2) is 5.71. The Morgan fingerprint density at radius 3 is 2.82 bits per heavy atom. The molecule has 1 heterocycles. The van der Waals surface area contributed by atoms with Crippen molar-refractivity contribution in [2.45, 2.75) is 5.16 Å². The fourth-order valence-electron chi connectivity index (χ4n) is 1.27. The van der Waals surface area contributed by atoms with Gasteiger partial charge in [-0.1, -0.05) is 45.4 Å². The van der Waals surface area contributed by atoms with Crippen molar-refractivity contribution in [3.8, 4) is 0 Å². The summed E-state index contributed by atoms with van der Waals surface area (Å²) >= 11 is 10.8. The summed E-state index contributed by atoms with van der Waals surface area (Å²) in [6.07, 6.45) is 1.91. The van der Waals surface area contributed by atoms with Gasteiger partial charge in [-0.3, -0.25) is 0 Å². The van der Waals surface area contributed by atoms with Crippen molar-refractivity contribution >= 4 is 50.8 Å². The van der Waals surface area contributed by atoms with Crippen molar-refractivity contribution in [1.82, 2.24) is 9.97 Å². The van der Waals surface area contributed by atoms with Crippen LogP contribution in [0.4, 0.5) is 11.5 Å². The molecule has 0 radical (unpaired) electrons. The van der Waals surface area contributed by atoms with Crippen LogP contribution >= 0.6 is 39.3 Å². The highest BCUT2D eigenvalue weighted by Crippen LogP contribution is 2.22. The first-order chi connectivity index (χ1) is 8.17. The molecule has 88 valence electrons. The normalized spacial score (nSPS) is 10.3. The molecule has 3 nitrogen and oxygen atoms in total. The van der Waals surface area contributed by atoms with E-state index in [1.54, 1.807) is 6.07 Å². The topological polar surface area (TPSA) is 37.8 Å². The molecular formula is C11H9BrClN3S. The first-order valence-electron chi connectivity index (χ1n) is 4.78. The van der Waals surface area contributed by atoms with E-state index >= 15 is 0 Å². The molecule has 0 aliphatic rings. The van der Waals surface area contributed by atoms with Crippen molar-refractivity contribution in [2.24, 2.45) is 0 Å². The van der Waals surface area contributed by atoms with Gasteiger partial charge in [0, 0.05) is 16.2 Å². The van der Waals surface area contributed by atoms with Gasteiger partial charge in [0.1, 0.15) is 11.0 Å². The minimum absolute atomic E-state index is 0.432. The van der Waals surface area contributed by atoms with E-state index in [1.165, 1.54) is 11.8 Å². The fraction of sp³-hybridized carbons (Fsp3) is 0.0909. The van der Waals surface area contributed by atoms with Crippen molar-refractivity contribution in [2.75, 3.05) is 11.6 Å². The second-order valence-corrected chi connectivity index (χ2v) is 5.27. The Balaban J connectivity index is 2.26. The molecule has 0 amide bonds. The third-order valence-corrected chi connectivity index (χ3v) is 3.19. The first kappa shape index (κ1) is 12.7. The maximum Gasteiger partial charge on any atom is 0.190 e. The number of thioether (sulfide) groups is 1. The van der Waals surface area contributed by atoms with Crippen LogP contribution in [0.2, 0.25) is 5.15 Å². The highest BCUT2D eigenvalue weighted by atomic mass is 79.9. The molecule has 17 heavy (non-hydrogen) atoms. The lowest BCUT2D eigenvalue weighted by Gasteiger charge is -2.07. The van der Waals surface area contributed by atoms with E-state index in [0.29, 0.717) is 16.1 Å². The van der Waals surface area contributed by atoms with Gasteiger partial charge in [0.2, 0.25) is 0 Å². The van der Waals surface area contributed by atoms with Crippen molar-refractivity contribution < 1.29 is 0 Å². The summed E-state index contributed by atoms with van der Waals surface area (Å²) in [5, 5.41) is 4.26. The molecule has 2 aromatic rings. The zero-order valence-corrected chi connectivity index (χ0v) is 12.1. The SMILES string of the molecule is CSc1nc(Cl)cc(Nc2cccc(Br)c2)n1. The summed E-state index contributed by atoms with van der Waals surface area (Å²) in [7, 11) is 0. The molecule has 0 atom stereocenters. The van der Waals surface area contributed by atoms with E-state index < -0.39 is 0 Å². The maximum atomic E-state index is 5.91. The molecular weight excluding hydrogens is 322 g/mol. The Hall–Kier alpha value is -0.780. The van der Waals surface area contributed by atoms with Crippen LogP contribution in [0.25, 0.3) is 0 Å². The molecule has 6 heteroatoms. The van der Waals surface area contributed by atoms with E-state index in [2.05, 4.69) is 31.2 Å². The second-order valence-electron chi connectivity index (χ2n) is 3.20. The minimum Gasteiger partial charge on any atom is -0.340 e. The maximum absolute atomic E-state index is 5.91. The average Bonchev–Trinajstić information content (AvgIpc) is 2.28. The van der Waals surface area contributed by atoms with Gasteiger partial charge in [0.25, 0.3) is 0 Å². The highest BCUT2D eigenvalue weighted by molar-refractivity contribution is 9.10. The van der Waals surface area contributed by atoms with E-state index in [-0.39, 0.29) is 0 Å². The lowest BCUT2D eigenvalue weighted by Crippen LogP contribution is -1.96. The van der Waals surface area contributed by atoms with Crippen LogP contribution in [0.15, 0.2) is 40.0 Å². The molecule has 0 fully saturated rings. The molecule has 0 aliphatic carbocycles. The Labute approximate surface area is 117 Å². The van der Waals surface area contributed by atoms with E-state index in [0.717, 1.165) is 10.2 Å². The predicted octanol–water partition coefficient (Wildman–Crippen LogP) is 4.36. The van der Waals surface area contributed by atoms with Crippen LogP contribution in [0.1, 0.15) is 0 Å². The van der Waals surface area contributed by atoms with E-state index in [4.69, 9.17) is 11.6 Å². The van der Waals surface area contributed by atoms with Crippen LogP contribution in [0, 0.1) is 0 Å². The van der Waals surface area contributed by atoms with Crippen LogP contribution in [-0.2, 0) is 0 Å². The van der Waals surface area contributed by atoms with Gasteiger partial charge in [-0.2, -0.15) is 0 Å². The van der Waals surface area contributed by atoms with Crippen LogP contribution in [0.3, 0.4) is 0 Å². The Kier molecular flexibility index (Phi) is 4.25. The molecule has 1 N–H and O–H groups in total. The van der Waals surface area contributed by atoms with Gasteiger partial charge >= 0.3 is 0 Å². The molecule has 0 unspecified atom stereocenters. The van der Waals surface area contributed by atoms with E-state index in [1.807, 2.05) is 30.5 Å². The molecule has 0 aliphatic heterocycles. The number of hydrogen-bond acceptors (Lipinski definition) is 4. The molecule has 2 rings (SSSR count). The lowest BCUT2D eigenvalue weighted by molar-refractivity contribution is 0.976. The van der Waals surface area contributed by atoms with Gasteiger partial charge in [-0.15, -0.1) is 0 Å². The summed E-state index contributed by atoms with van der Waals surface area (Å²) in [4.78, 5) is 8.40. The molecule has 0 bridgehead atoms. The number of aromatic nitrogens is 2. The zero-order chi connectivity index (χ0) is 12.3. The summed E-state index contributed by atoms with van der Waals surface area (Å²) in [5.41, 5.74) is 0.946. The molecule has 1 aromatic heterocycles. The number of nitrogens with one attached hydrogen (secondary N) is 1. The van der Waals surface area contributed by atoms with Crippen molar-refractivity contribution in [1.29, 1.82) is 0 Å². The molecule has 0 saturated carbocycles. The molecule has 0 saturated heterocycles. The molecule has 0 spiro atoms. The van der Waals surface area contributed by atoms with Crippen molar-refractivity contribution in [3.05, 3.63) is 40.0 Å². The largest absolute Gasteiger partial charge is 0.340 e. The van der Waals surface area contributed by atoms with Crippen LogP contribution < -0.4 is 5.32 Å². The van der Waals surface area contributed by atoms with E-state index in [9.17, 15) is 0 Å². The highest BCUT2D eigenvalue weighted by Gasteiger charge is 2.03. The minimum atomic E-state index is 0.432. The van der Waals surface area contributed by atoms with Gasteiger partial charge in [0.15, 0.2) is 5.16 Å². The standard InChI is InChI=1S/C11H9BrClN3S/c1-17-11-15-9(13)6-10(16-11)14-8-4-2-3-7(12)5-8/h2-6H,1H3,(H,14,15,16). The number of rotatable bonds is 3. The Bertz CT molecular complexity index is 536. The fourth-order valence-corrected chi connectivity index (χ4v) is 2.28. The predicted molar refractivity (Wildman–Crippen MR) is 76.2 cm³/mol. The number of anilines is 2. The van der Waals surface area contributed by atoms with Gasteiger partial charge in [-0.05, 0) is 24.5 Å². The summed E-state index contributed by atoms with van der Waals surface area (Å²) < 4.78 is 1.01. The quantitative estimate of drug-likeness (QED) is 0.515. The Morgan fingerprint density at radius 2 is 2.12 bits per heavy atom. The van der Waals surface area contributed by atoms with Crippen LogP contribution in [-0.4, -0.2) is 16.2 Å². The van der Waals surface area contributed by atoms with Crippen LogP contribution in [0.5, 0.6) is 0 Å². The molecule has 1 aromatic carbocycles. The number of benzene rings is 1. The number of nitrogens with zero attached hydrogens (tertiary/aromatic N) is 2. The monoisotopic (exact) mass is 329 g/mol. The van der Waals surface area contributed by atoms with Gasteiger partial charge in [0.05, 0.1) is 0 Å². The smallest absolute Gasteiger partial charge is 0.190 e. The number of halogens is 2. The number of hydrogen-bond donors (Lipinski definition) is 1. The Morgan fingerprint density at radius 1 is 1.29 bits per heavy atom.